The summed E-state index contributed by atoms with van der Waals surface area (Å²) in [4.78, 5) is 4.41. The standard InChI is InChI=1S/C17H21N3/c1-2-7-14-13(5-1)6-3-9-16(14)20-12-18-11-17(20)15-8-4-10-19-15/h3,6,9,11-12,15,19H,1-2,4-5,7-8,10H2/t15-/m0/s1. The Labute approximate surface area is 120 Å². The summed E-state index contributed by atoms with van der Waals surface area (Å²) in [5.74, 6) is 0. The molecule has 104 valence electrons. The van der Waals surface area contributed by atoms with Crippen LogP contribution in [0.1, 0.15) is 48.5 Å². The van der Waals surface area contributed by atoms with E-state index in [1.165, 1.54) is 61.0 Å². The third kappa shape index (κ3) is 1.97. The third-order valence-electron chi connectivity index (χ3n) is 4.72. The number of hydrogen-bond acceptors (Lipinski definition) is 2. The smallest absolute Gasteiger partial charge is 0.0994 e. The van der Waals surface area contributed by atoms with Gasteiger partial charge in [0.15, 0.2) is 0 Å². The van der Waals surface area contributed by atoms with Crippen LogP contribution in [0.4, 0.5) is 0 Å². The molecule has 0 saturated carbocycles. The zero-order chi connectivity index (χ0) is 13.4. The Balaban J connectivity index is 1.80. The summed E-state index contributed by atoms with van der Waals surface area (Å²) < 4.78 is 2.31. The second kappa shape index (κ2) is 5.06. The van der Waals surface area contributed by atoms with Crippen molar-refractivity contribution in [1.82, 2.24) is 14.9 Å². The van der Waals surface area contributed by atoms with E-state index < -0.39 is 0 Å². The van der Waals surface area contributed by atoms with E-state index in [9.17, 15) is 0 Å². The Hall–Kier alpha value is -1.61. The molecule has 0 amide bonds. The first-order valence-electron chi connectivity index (χ1n) is 7.80. The Morgan fingerprint density at radius 2 is 2.10 bits per heavy atom. The number of aryl methyl sites for hydroxylation is 1. The monoisotopic (exact) mass is 267 g/mol. The third-order valence-corrected chi connectivity index (χ3v) is 4.72. The maximum absolute atomic E-state index is 4.41. The number of hydrogen-bond donors (Lipinski definition) is 1. The molecule has 1 aromatic heterocycles. The van der Waals surface area contributed by atoms with E-state index in [0.29, 0.717) is 6.04 Å². The fourth-order valence-corrected chi connectivity index (χ4v) is 3.69. The maximum Gasteiger partial charge on any atom is 0.0994 e. The molecule has 0 unspecified atom stereocenters. The van der Waals surface area contributed by atoms with Crippen LogP contribution in [-0.4, -0.2) is 16.1 Å². The quantitative estimate of drug-likeness (QED) is 0.905. The molecule has 1 aliphatic carbocycles. The van der Waals surface area contributed by atoms with E-state index in [1.54, 1.807) is 0 Å². The molecule has 3 heteroatoms. The van der Waals surface area contributed by atoms with Crippen LogP contribution in [0.25, 0.3) is 5.69 Å². The van der Waals surface area contributed by atoms with Gasteiger partial charge in [-0.2, -0.15) is 0 Å². The summed E-state index contributed by atoms with van der Waals surface area (Å²) in [6.45, 7) is 1.13. The van der Waals surface area contributed by atoms with Gasteiger partial charge in [-0.1, -0.05) is 12.1 Å². The largest absolute Gasteiger partial charge is 0.309 e. The minimum atomic E-state index is 0.469. The lowest BCUT2D eigenvalue weighted by Crippen LogP contribution is -2.17. The number of imidazole rings is 1. The van der Waals surface area contributed by atoms with Crippen molar-refractivity contribution < 1.29 is 0 Å². The number of benzene rings is 1. The molecular formula is C17H21N3. The summed E-state index contributed by atoms with van der Waals surface area (Å²) in [6, 6.07) is 7.22. The van der Waals surface area contributed by atoms with Crippen LogP contribution in [0.15, 0.2) is 30.7 Å². The Bertz CT molecular complexity index is 608. The van der Waals surface area contributed by atoms with Crippen LogP contribution in [0.3, 0.4) is 0 Å². The van der Waals surface area contributed by atoms with E-state index in [2.05, 4.69) is 33.1 Å². The summed E-state index contributed by atoms with van der Waals surface area (Å²) in [5, 5.41) is 3.59. The van der Waals surface area contributed by atoms with Gasteiger partial charge < -0.3 is 9.88 Å². The highest BCUT2D eigenvalue weighted by atomic mass is 15.1. The topological polar surface area (TPSA) is 29.9 Å². The van der Waals surface area contributed by atoms with Crippen LogP contribution in [0.2, 0.25) is 0 Å². The lowest BCUT2D eigenvalue weighted by molar-refractivity contribution is 0.611. The maximum atomic E-state index is 4.41. The highest BCUT2D eigenvalue weighted by Crippen LogP contribution is 2.30. The average Bonchev–Trinajstić information content (AvgIpc) is 3.17. The Morgan fingerprint density at radius 3 is 3.00 bits per heavy atom. The molecule has 1 aliphatic heterocycles. The second-order valence-electron chi connectivity index (χ2n) is 5.96. The number of rotatable bonds is 2. The Morgan fingerprint density at radius 1 is 1.15 bits per heavy atom. The van der Waals surface area contributed by atoms with Gasteiger partial charge in [-0.3, -0.25) is 0 Å². The molecule has 2 aliphatic rings. The van der Waals surface area contributed by atoms with Crippen molar-refractivity contribution in [1.29, 1.82) is 0 Å². The van der Waals surface area contributed by atoms with Crippen LogP contribution < -0.4 is 5.32 Å². The lowest BCUT2D eigenvalue weighted by Gasteiger charge is -2.22. The molecule has 20 heavy (non-hydrogen) atoms. The zero-order valence-electron chi connectivity index (χ0n) is 11.8. The van der Waals surface area contributed by atoms with Crippen molar-refractivity contribution in [2.45, 2.75) is 44.6 Å². The second-order valence-corrected chi connectivity index (χ2v) is 5.96. The lowest BCUT2D eigenvalue weighted by atomic mass is 9.90. The molecule has 0 bridgehead atoms. The first kappa shape index (κ1) is 12.2. The van der Waals surface area contributed by atoms with Crippen molar-refractivity contribution >= 4 is 0 Å². The molecule has 4 rings (SSSR count). The van der Waals surface area contributed by atoms with Gasteiger partial charge in [-0.25, -0.2) is 4.98 Å². The van der Waals surface area contributed by atoms with Gasteiger partial charge in [-0.05, 0) is 62.3 Å². The molecule has 1 fully saturated rings. The predicted molar refractivity (Wildman–Crippen MR) is 80.2 cm³/mol. The summed E-state index contributed by atoms with van der Waals surface area (Å²) in [7, 11) is 0. The van der Waals surface area contributed by atoms with Gasteiger partial charge in [0, 0.05) is 6.04 Å². The highest BCUT2D eigenvalue weighted by Gasteiger charge is 2.22. The van der Waals surface area contributed by atoms with E-state index in [0.717, 1.165) is 6.54 Å². The molecule has 1 saturated heterocycles. The van der Waals surface area contributed by atoms with E-state index >= 15 is 0 Å². The minimum absolute atomic E-state index is 0.469. The molecule has 1 N–H and O–H groups in total. The molecule has 0 spiro atoms. The van der Waals surface area contributed by atoms with Gasteiger partial charge in [0.05, 0.1) is 23.9 Å². The SMILES string of the molecule is c1cc2c(c(-n3cncc3[C@@H]3CCCN3)c1)CCCC2. The van der Waals surface area contributed by atoms with Crippen LogP contribution in [0, 0.1) is 0 Å². The van der Waals surface area contributed by atoms with Crippen molar-refractivity contribution in [2.75, 3.05) is 6.54 Å². The van der Waals surface area contributed by atoms with Crippen molar-refractivity contribution in [2.24, 2.45) is 0 Å². The predicted octanol–water partition coefficient (Wildman–Crippen LogP) is 3.18. The van der Waals surface area contributed by atoms with Gasteiger partial charge in [0.25, 0.3) is 0 Å². The van der Waals surface area contributed by atoms with Gasteiger partial charge in [0.1, 0.15) is 0 Å². The van der Waals surface area contributed by atoms with Crippen LogP contribution in [-0.2, 0) is 12.8 Å². The fraction of sp³-hybridized carbons (Fsp3) is 0.471. The van der Waals surface area contributed by atoms with Crippen molar-refractivity contribution in [3.05, 3.63) is 47.5 Å². The van der Waals surface area contributed by atoms with Crippen molar-refractivity contribution in [3.8, 4) is 5.69 Å². The summed E-state index contributed by atoms with van der Waals surface area (Å²) in [5.41, 5.74) is 5.74. The van der Waals surface area contributed by atoms with E-state index in [1.807, 2.05) is 12.5 Å². The molecule has 1 aromatic carbocycles. The van der Waals surface area contributed by atoms with Gasteiger partial charge in [0.2, 0.25) is 0 Å². The Kier molecular flexibility index (Phi) is 3.07. The molecule has 0 radical (unpaired) electrons. The number of nitrogens with one attached hydrogen (secondary N) is 1. The van der Waals surface area contributed by atoms with E-state index in [4.69, 9.17) is 0 Å². The average molecular weight is 267 g/mol. The first-order chi connectivity index (χ1) is 9.93. The highest BCUT2D eigenvalue weighted by molar-refractivity contribution is 5.48. The van der Waals surface area contributed by atoms with Gasteiger partial charge in [-0.15, -0.1) is 0 Å². The normalized spacial score (nSPS) is 21.9. The number of fused-ring (bicyclic) bond motifs is 1. The van der Waals surface area contributed by atoms with Crippen LogP contribution in [0.5, 0.6) is 0 Å². The fourth-order valence-electron chi connectivity index (χ4n) is 3.69. The van der Waals surface area contributed by atoms with Crippen molar-refractivity contribution in [3.63, 3.8) is 0 Å². The summed E-state index contributed by atoms with van der Waals surface area (Å²) in [6.07, 6.45) is 11.6. The van der Waals surface area contributed by atoms with Crippen LogP contribution >= 0.6 is 0 Å². The first-order valence-corrected chi connectivity index (χ1v) is 7.80. The zero-order valence-corrected chi connectivity index (χ0v) is 11.8. The molecular weight excluding hydrogens is 246 g/mol. The number of nitrogens with zero attached hydrogens (tertiary/aromatic N) is 2. The van der Waals surface area contributed by atoms with Gasteiger partial charge >= 0.3 is 0 Å². The molecule has 2 aromatic rings. The summed E-state index contributed by atoms with van der Waals surface area (Å²) >= 11 is 0. The molecule has 1 atom stereocenters. The molecule has 2 heterocycles. The number of aromatic nitrogens is 2. The minimum Gasteiger partial charge on any atom is -0.309 e. The molecule has 3 nitrogen and oxygen atoms in total. The van der Waals surface area contributed by atoms with E-state index in [-0.39, 0.29) is 0 Å².